The quantitative estimate of drug-likeness (QED) is 0.529. The lowest BCUT2D eigenvalue weighted by atomic mass is 10.1. The van der Waals surface area contributed by atoms with Crippen LogP contribution in [0.3, 0.4) is 0 Å². The van der Waals surface area contributed by atoms with Gasteiger partial charge in [0.25, 0.3) is 0 Å². The fraction of sp³-hybridized carbons (Fsp3) is 0.0455. The first-order chi connectivity index (χ1) is 13.6. The van der Waals surface area contributed by atoms with E-state index < -0.39 is 17.3 Å². The van der Waals surface area contributed by atoms with Crippen molar-refractivity contribution in [2.45, 2.75) is 6.54 Å². The van der Waals surface area contributed by atoms with Crippen molar-refractivity contribution in [3.8, 4) is 16.9 Å². The van der Waals surface area contributed by atoms with E-state index in [4.69, 9.17) is 0 Å². The summed E-state index contributed by atoms with van der Waals surface area (Å²) in [5, 5.41) is 3.22. The minimum atomic E-state index is -0.812. The van der Waals surface area contributed by atoms with Gasteiger partial charge in [-0.15, -0.1) is 0 Å². The zero-order valence-corrected chi connectivity index (χ0v) is 14.8. The normalized spacial score (nSPS) is 10.8. The standard InChI is InChI=1S/C22H17F2N3O/c23-17-11-12-19(18(24)13-17)27-20(16-9-5-2-6-10-16)21(26-22(27)28)25-14-15-7-3-1-4-8-15/h1-13,25H,14H2,(H,26,28). The van der Waals surface area contributed by atoms with Crippen LogP contribution < -0.4 is 11.0 Å². The van der Waals surface area contributed by atoms with Gasteiger partial charge < -0.3 is 5.32 Å². The number of nitrogens with one attached hydrogen (secondary N) is 2. The van der Waals surface area contributed by atoms with Crippen LogP contribution in [0.4, 0.5) is 14.6 Å². The Hall–Kier alpha value is -3.67. The largest absolute Gasteiger partial charge is 0.366 e. The maximum absolute atomic E-state index is 14.4. The van der Waals surface area contributed by atoms with E-state index in [2.05, 4.69) is 10.3 Å². The van der Waals surface area contributed by atoms with Gasteiger partial charge in [-0.05, 0) is 17.7 Å². The maximum atomic E-state index is 14.4. The van der Waals surface area contributed by atoms with Crippen molar-refractivity contribution in [1.82, 2.24) is 9.55 Å². The highest BCUT2D eigenvalue weighted by molar-refractivity contribution is 5.74. The summed E-state index contributed by atoms with van der Waals surface area (Å²) < 4.78 is 29.0. The molecule has 4 rings (SSSR count). The highest BCUT2D eigenvalue weighted by atomic mass is 19.1. The molecule has 0 aliphatic carbocycles. The number of anilines is 1. The molecule has 4 nitrogen and oxygen atoms in total. The Morgan fingerprint density at radius 3 is 2.25 bits per heavy atom. The first kappa shape index (κ1) is 17.7. The molecule has 0 atom stereocenters. The van der Waals surface area contributed by atoms with Gasteiger partial charge in [0.15, 0.2) is 0 Å². The van der Waals surface area contributed by atoms with Crippen molar-refractivity contribution < 1.29 is 8.78 Å². The minimum Gasteiger partial charge on any atom is -0.366 e. The van der Waals surface area contributed by atoms with Crippen molar-refractivity contribution in [1.29, 1.82) is 0 Å². The Morgan fingerprint density at radius 1 is 0.893 bits per heavy atom. The van der Waals surface area contributed by atoms with Gasteiger partial charge in [-0.25, -0.2) is 13.6 Å². The molecule has 0 saturated carbocycles. The fourth-order valence-electron chi connectivity index (χ4n) is 3.11. The molecule has 4 aromatic rings. The topological polar surface area (TPSA) is 49.8 Å². The second-order valence-corrected chi connectivity index (χ2v) is 6.29. The molecule has 28 heavy (non-hydrogen) atoms. The van der Waals surface area contributed by atoms with Gasteiger partial charge in [-0.2, -0.15) is 0 Å². The number of aromatic nitrogens is 2. The highest BCUT2D eigenvalue weighted by Gasteiger charge is 2.19. The van der Waals surface area contributed by atoms with Crippen LogP contribution in [-0.2, 0) is 6.54 Å². The van der Waals surface area contributed by atoms with E-state index >= 15 is 0 Å². The Labute approximate surface area is 160 Å². The van der Waals surface area contributed by atoms with Gasteiger partial charge in [-0.3, -0.25) is 9.55 Å². The second-order valence-electron chi connectivity index (χ2n) is 6.29. The average molecular weight is 377 g/mol. The molecule has 2 N–H and O–H groups in total. The van der Waals surface area contributed by atoms with Gasteiger partial charge in [-0.1, -0.05) is 60.7 Å². The Morgan fingerprint density at radius 2 is 1.57 bits per heavy atom. The molecular weight excluding hydrogens is 360 g/mol. The molecular formula is C22H17F2N3O. The second kappa shape index (κ2) is 7.52. The number of aromatic amines is 1. The highest BCUT2D eigenvalue weighted by Crippen LogP contribution is 2.29. The van der Waals surface area contributed by atoms with E-state index in [0.717, 1.165) is 23.3 Å². The molecule has 0 aliphatic heterocycles. The van der Waals surface area contributed by atoms with Gasteiger partial charge in [0.1, 0.15) is 17.5 Å². The zero-order valence-electron chi connectivity index (χ0n) is 14.8. The van der Waals surface area contributed by atoms with Crippen LogP contribution in [0.2, 0.25) is 0 Å². The number of benzene rings is 3. The molecule has 140 valence electrons. The third-order valence-corrected chi connectivity index (χ3v) is 4.41. The van der Waals surface area contributed by atoms with Crippen LogP contribution in [0.5, 0.6) is 0 Å². The lowest BCUT2D eigenvalue weighted by Gasteiger charge is -2.12. The van der Waals surface area contributed by atoms with Gasteiger partial charge in [0.2, 0.25) is 0 Å². The summed E-state index contributed by atoms with van der Waals surface area (Å²) in [4.78, 5) is 15.4. The minimum absolute atomic E-state index is 0.0192. The SMILES string of the molecule is O=c1[nH]c(NCc2ccccc2)c(-c2ccccc2)n1-c1ccc(F)cc1F. The number of hydrogen-bond acceptors (Lipinski definition) is 2. The number of nitrogens with zero attached hydrogens (tertiary/aromatic N) is 1. The molecule has 1 heterocycles. The van der Waals surface area contributed by atoms with Gasteiger partial charge >= 0.3 is 5.69 Å². The summed E-state index contributed by atoms with van der Waals surface area (Å²) in [6, 6.07) is 22.0. The number of hydrogen-bond donors (Lipinski definition) is 2. The van der Waals surface area contributed by atoms with Crippen LogP contribution in [0.15, 0.2) is 83.7 Å². The summed E-state index contributed by atoms with van der Waals surface area (Å²) >= 11 is 0. The van der Waals surface area contributed by atoms with E-state index in [-0.39, 0.29) is 5.69 Å². The molecule has 0 saturated heterocycles. The Balaban J connectivity index is 1.84. The van der Waals surface area contributed by atoms with Crippen LogP contribution in [0.1, 0.15) is 5.56 Å². The van der Waals surface area contributed by atoms with E-state index in [9.17, 15) is 13.6 Å². The van der Waals surface area contributed by atoms with Crippen LogP contribution >= 0.6 is 0 Å². The molecule has 0 fully saturated rings. The predicted molar refractivity (Wildman–Crippen MR) is 106 cm³/mol. The molecule has 6 heteroatoms. The molecule has 0 amide bonds. The summed E-state index contributed by atoms with van der Waals surface area (Å²) in [5.74, 6) is -1.05. The summed E-state index contributed by atoms with van der Waals surface area (Å²) in [7, 11) is 0. The van der Waals surface area contributed by atoms with Crippen molar-refractivity contribution in [3.05, 3.63) is 107 Å². The first-order valence-electron chi connectivity index (χ1n) is 8.77. The molecule has 0 spiro atoms. The van der Waals surface area contributed by atoms with Crippen LogP contribution in [-0.4, -0.2) is 9.55 Å². The number of H-pyrrole nitrogens is 1. The van der Waals surface area contributed by atoms with Crippen molar-refractivity contribution in [2.75, 3.05) is 5.32 Å². The molecule has 1 aromatic heterocycles. The van der Waals surface area contributed by atoms with Crippen LogP contribution in [0, 0.1) is 11.6 Å². The summed E-state index contributed by atoms with van der Waals surface area (Å²) in [6.45, 7) is 0.479. The van der Waals surface area contributed by atoms with Crippen molar-refractivity contribution in [3.63, 3.8) is 0 Å². The molecule has 0 aliphatic rings. The third-order valence-electron chi connectivity index (χ3n) is 4.41. The summed E-state index contributed by atoms with van der Waals surface area (Å²) in [6.07, 6.45) is 0. The smallest absolute Gasteiger partial charge is 0.332 e. The van der Waals surface area contributed by atoms with Gasteiger partial charge in [0, 0.05) is 18.2 Å². The molecule has 3 aromatic carbocycles. The average Bonchev–Trinajstić information content (AvgIpc) is 3.04. The van der Waals surface area contributed by atoms with Crippen LogP contribution in [0.25, 0.3) is 16.9 Å². The fourth-order valence-corrected chi connectivity index (χ4v) is 3.11. The number of halogens is 2. The number of imidazole rings is 1. The monoisotopic (exact) mass is 377 g/mol. The lowest BCUT2D eigenvalue weighted by molar-refractivity contribution is 0.577. The zero-order chi connectivity index (χ0) is 19.5. The first-order valence-corrected chi connectivity index (χ1v) is 8.77. The van der Waals surface area contributed by atoms with E-state index in [1.54, 1.807) is 0 Å². The van der Waals surface area contributed by atoms with Gasteiger partial charge in [0.05, 0.1) is 11.4 Å². The van der Waals surface area contributed by atoms with E-state index in [1.165, 1.54) is 10.6 Å². The Kier molecular flexibility index (Phi) is 4.76. The van der Waals surface area contributed by atoms with E-state index in [1.807, 2.05) is 60.7 Å². The maximum Gasteiger partial charge on any atom is 0.332 e. The molecule has 0 unspecified atom stereocenters. The molecule has 0 bridgehead atoms. The summed E-state index contributed by atoms with van der Waals surface area (Å²) in [5.41, 5.74) is 1.70. The Bertz CT molecular complexity index is 1150. The molecule has 0 radical (unpaired) electrons. The van der Waals surface area contributed by atoms with Crippen molar-refractivity contribution in [2.24, 2.45) is 0 Å². The number of rotatable bonds is 5. The van der Waals surface area contributed by atoms with Crippen molar-refractivity contribution >= 4 is 5.82 Å². The predicted octanol–water partition coefficient (Wildman–Crippen LogP) is 4.72. The lowest BCUT2D eigenvalue weighted by Crippen LogP contribution is -2.17. The third kappa shape index (κ3) is 3.44. The van der Waals surface area contributed by atoms with E-state index in [0.29, 0.717) is 18.1 Å².